The first-order chi connectivity index (χ1) is 11.6. The van der Waals surface area contributed by atoms with Gasteiger partial charge in [-0.3, -0.25) is 0 Å². The van der Waals surface area contributed by atoms with Gasteiger partial charge in [-0.1, -0.05) is 32.4 Å². The molecule has 1 fully saturated rings. The van der Waals surface area contributed by atoms with Crippen LogP contribution < -0.4 is 0 Å². The fraction of sp³-hybridized carbons (Fsp3) is 0.714. The van der Waals surface area contributed by atoms with Crippen LogP contribution in [0.15, 0.2) is 23.3 Å². The molecule has 0 unspecified atom stereocenters. The summed E-state index contributed by atoms with van der Waals surface area (Å²) in [6, 6.07) is 0. The Balaban J connectivity index is 2.26. The highest BCUT2D eigenvalue weighted by Gasteiger charge is 2.55. The van der Waals surface area contributed by atoms with Crippen molar-refractivity contribution in [3.8, 4) is 0 Å². The van der Waals surface area contributed by atoms with Gasteiger partial charge in [0.1, 0.15) is 0 Å². The van der Waals surface area contributed by atoms with E-state index in [1.54, 1.807) is 6.08 Å². The molecule has 0 aromatic carbocycles. The molecule has 0 radical (unpaired) electrons. The third-order valence-electron chi connectivity index (χ3n) is 7.06. The van der Waals surface area contributed by atoms with Gasteiger partial charge in [0, 0.05) is 17.1 Å². The molecule has 140 valence electrons. The second-order valence-electron chi connectivity index (χ2n) is 8.43. The first-order valence-electron chi connectivity index (χ1n) is 9.34. The maximum absolute atomic E-state index is 11.8. The van der Waals surface area contributed by atoms with E-state index in [2.05, 4.69) is 20.8 Å². The Morgan fingerprint density at radius 2 is 2.04 bits per heavy atom. The lowest BCUT2D eigenvalue weighted by Crippen LogP contribution is -2.51. The van der Waals surface area contributed by atoms with Gasteiger partial charge in [-0.05, 0) is 62.7 Å². The van der Waals surface area contributed by atoms with Crippen LogP contribution >= 0.6 is 0 Å². The number of carboxylic acid groups (broad SMARTS) is 1. The lowest BCUT2D eigenvalue weighted by molar-refractivity contribution is -0.137. The van der Waals surface area contributed by atoms with Crippen molar-refractivity contribution in [1.82, 2.24) is 0 Å². The van der Waals surface area contributed by atoms with Gasteiger partial charge >= 0.3 is 11.9 Å². The van der Waals surface area contributed by atoms with E-state index in [0.717, 1.165) is 44.1 Å². The Morgan fingerprint density at radius 3 is 2.64 bits per heavy atom. The highest BCUT2D eigenvalue weighted by molar-refractivity contribution is 5.88. The van der Waals surface area contributed by atoms with Crippen molar-refractivity contribution < 1.29 is 19.4 Å². The Labute approximate surface area is 151 Å². The van der Waals surface area contributed by atoms with Crippen LogP contribution in [0.5, 0.6) is 0 Å². The van der Waals surface area contributed by atoms with E-state index in [-0.39, 0.29) is 16.8 Å². The quantitative estimate of drug-likeness (QED) is 0.575. The molecule has 0 amide bonds. The average Bonchev–Trinajstić information content (AvgIpc) is 2.56. The molecule has 0 aromatic heterocycles. The summed E-state index contributed by atoms with van der Waals surface area (Å²) in [7, 11) is 1.39. The van der Waals surface area contributed by atoms with Crippen molar-refractivity contribution in [2.24, 2.45) is 22.7 Å². The molecule has 0 aromatic rings. The highest BCUT2D eigenvalue weighted by atomic mass is 16.5. The summed E-state index contributed by atoms with van der Waals surface area (Å²) in [5.74, 6) is -0.153. The van der Waals surface area contributed by atoms with Crippen LogP contribution in [0.25, 0.3) is 0 Å². The van der Waals surface area contributed by atoms with E-state index >= 15 is 0 Å². The smallest absolute Gasteiger partial charge is 0.331 e. The van der Waals surface area contributed by atoms with Crippen molar-refractivity contribution in [2.75, 3.05) is 7.11 Å². The van der Waals surface area contributed by atoms with Crippen LogP contribution in [-0.4, -0.2) is 24.2 Å². The number of carboxylic acids is 1. The molecule has 1 N–H and O–H groups in total. The minimum absolute atomic E-state index is 0.0766. The van der Waals surface area contributed by atoms with Gasteiger partial charge in [0.15, 0.2) is 0 Å². The number of fused-ring (bicyclic) bond motifs is 1. The predicted octanol–water partition coefficient (Wildman–Crippen LogP) is 4.75. The fourth-order valence-corrected chi connectivity index (χ4v) is 5.24. The summed E-state index contributed by atoms with van der Waals surface area (Å²) >= 11 is 0. The van der Waals surface area contributed by atoms with Gasteiger partial charge in [-0.25, -0.2) is 9.59 Å². The molecule has 0 spiro atoms. The first-order valence-corrected chi connectivity index (χ1v) is 9.34. The Morgan fingerprint density at radius 1 is 1.36 bits per heavy atom. The van der Waals surface area contributed by atoms with Crippen LogP contribution in [0, 0.1) is 22.7 Å². The Bertz CT molecular complexity index is 603. The zero-order valence-electron chi connectivity index (χ0n) is 16.2. The van der Waals surface area contributed by atoms with E-state index < -0.39 is 5.97 Å². The van der Waals surface area contributed by atoms with Crippen LogP contribution in [0.4, 0.5) is 0 Å². The van der Waals surface area contributed by atoms with Gasteiger partial charge in [0.2, 0.25) is 0 Å². The maximum atomic E-state index is 11.8. The molecule has 0 heterocycles. The van der Waals surface area contributed by atoms with Crippen molar-refractivity contribution in [3.63, 3.8) is 0 Å². The first kappa shape index (κ1) is 19.7. The Hall–Kier alpha value is -1.58. The van der Waals surface area contributed by atoms with E-state index in [1.165, 1.54) is 7.11 Å². The second-order valence-corrected chi connectivity index (χ2v) is 8.43. The zero-order valence-corrected chi connectivity index (χ0v) is 16.2. The highest BCUT2D eigenvalue weighted by Crippen LogP contribution is 2.62. The minimum atomic E-state index is -0.758. The third-order valence-corrected chi connectivity index (χ3v) is 7.06. The average molecular weight is 348 g/mol. The monoisotopic (exact) mass is 348 g/mol. The summed E-state index contributed by atoms with van der Waals surface area (Å²) in [5.41, 5.74) is 1.47. The van der Waals surface area contributed by atoms with Gasteiger partial charge in [0.05, 0.1) is 7.11 Å². The molecule has 25 heavy (non-hydrogen) atoms. The van der Waals surface area contributed by atoms with E-state index in [9.17, 15) is 14.7 Å². The number of rotatable bonds is 5. The van der Waals surface area contributed by atoms with Crippen LogP contribution in [0.2, 0.25) is 0 Å². The number of hydrogen-bond donors (Lipinski definition) is 1. The van der Waals surface area contributed by atoms with Crippen LogP contribution in [-0.2, 0) is 14.3 Å². The zero-order chi connectivity index (χ0) is 18.8. The van der Waals surface area contributed by atoms with E-state index in [1.807, 2.05) is 13.0 Å². The molecule has 4 nitrogen and oxygen atoms in total. The number of ether oxygens (including phenoxy) is 1. The molecular weight excluding hydrogens is 316 g/mol. The normalized spacial score (nSPS) is 35.6. The van der Waals surface area contributed by atoms with Crippen molar-refractivity contribution in [3.05, 3.63) is 23.3 Å². The van der Waals surface area contributed by atoms with Gasteiger partial charge in [-0.15, -0.1) is 0 Å². The van der Waals surface area contributed by atoms with Crippen molar-refractivity contribution >= 4 is 11.9 Å². The van der Waals surface area contributed by atoms with Crippen LogP contribution in [0.1, 0.15) is 66.2 Å². The van der Waals surface area contributed by atoms with Crippen molar-refractivity contribution in [2.45, 2.75) is 66.2 Å². The summed E-state index contributed by atoms with van der Waals surface area (Å²) < 4.78 is 4.71. The number of aliphatic carboxylic acids is 1. The molecular formula is C21H32O4. The number of allylic oxidation sites excluding steroid dienone is 2. The number of hydrogen-bond acceptors (Lipinski definition) is 3. The van der Waals surface area contributed by atoms with Gasteiger partial charge in [0.25, 0.3) is 0 Å². The molecule has 4 heteroatoms. The lowest BCUT2D eigenvalue weighted by Gasteiger charge is -2.57. The van der Waals surface area contributed by atoms with Gasteiger partial charge in [-0.2, -0.15) is 0 Å². The van der Waals surface area contributed by atoms with E-state index in [0.29, 0.717) is 17.4 Å². The minimum Gasteiger partial charge on any atom is -0.478 e. The fourth-order valence-electron chi connectivity index (χ4n) is 5.24. The summed E-state index contributed by atoms with van der Waals surface area (Å²) in [5, 5.41) is 9.69. The predicted molar refractivity (Wildman–Crippen MR) is 98.1 cm³/mol. The molecule has 4 atom stereocenters. The molecule has 2 aliphatic rings. The SMILES string of the molecule is COC(=O)C=C(C)CC[C@@]1(C)[C@H](C)CC[C@@]2(C)C(C(=O)O)=CCC[C@H]12. The molecule has 1 saturated carbocycles. The Kier molecular flexibility index (Phi) is 5.80. The number of esters is 1. The second kappa shape index (κ2) is 7.35. The summed E-state index contributed by atoms with van der Waals surface area (Å²) in [6.07, 6.45) is 9.22. The molecule has 0 saturated heterocycles. The molecule has 2 aliphatic carbocycles. The molecule has 0 aliphatic heterocycles. The largest absolute Gasteiger partial charge is 0.478 e. The molecule has 0 bridgehead atoms. The van der Waals surface area contributed by atoms with E-state index in [4.69, 9.17) is 4.74 Å². The number of carbonyl (C=O) groups is 2. The summed E-state index contributed by atoms with van der Waals surface area (Å²) in [6.45, 7) is 8.75. The number of carbonyl (C=O) groups excluding carboxylic acids is 1. The molecule has 2 rings (SSSR count). The third kappa shape index (κ3) is 3.68. The summed E-state index contributed by atoms with van der Waals surface area (Å²) in [4.78, 5) is 23.2. The number of methoxy groups -OCH3 is 1. The standard InChI is InChI=1S/C21H32O4/c1-14(13-18(22)25-5)9-11-20(3)15(2)10-12-21(4)16(19(23)24)7-6-8-17(20)21/h7,13,15,17H,6,8-12H2,1-5H3,(H,23,24)/t15-,17-,20+,21+/m1/s1. The van der Waals surface area contributed by atoms with Crippen molar-refractivity contribution in [1.29, 1.82) is 0 Å². The maximum Gasteiger partial charge on any atom is 0.331 e. The van der Waals surface area contributed by atoms with Gasteiger partial charge < -0.3 is 9.84 Å². The van der Waals surface area contributed by atoms with Crippen LogP contribution in [0.3, 0.4) is 0 Å². The topological polar surface area (TPSA) is 63.6 Å². The lowest BCUT2D eigenvalue weighted by atomic mass is 9.46.